The minimum Gasteiger partial charge on any atom is -1.00 e. The third kappa shape index (κ3) is 10.8. The van der Waals surface area contributed by atoms with Gasteiger partial charge in [-0.25, -0.2) is 4.79 Å². The number of phenolic OH excluding ortho intramolecular Hbond substituents is 1. The number of hydrogen-bond donors (Lipinski definition) is 7. The number of aromatic hydroxyl groups is 1. The van der Waals surface area contributed by atoms with E-state index < -0.39 is 68.2 Å². The first-order valence-electron chi connectivity index (χ1n) is 17.4. The van der Waals surface area contributed by atoms with Gasteiger partial charge in [0.15, 0.2) is 17.3 Å². The van der Waals surface area contributed by atoms with Crippen molar-refractivity contribution in [2.75, 3.05) is 13.2 Å². The first-order chi connectivity index (χ1) is 27.4. The van der Waals surface area contributed by atoms with Crippen LogP contribution in [0.25, 0.3) is 6.08 Å². The molecule has 17 nitrogen and oxygen atoms in total. The number of allylic oxidation sites excluding steroid dienone is 1. The molecule has 310 valence electrons. The van der Waals surface area contributed by atoms with Crippen molar-refractivity contribution in [1.82, 2.24) is 0 Å². The van der Waals surface area contributed by atoms with E-state index in [1.807, 2.05) is 18.2 Å². The predicted molar refractivity (Wildman–Crippen MR) is 199 cm³/mol. The number of benzene rings is 4. The van der Waals surface area contributed by atoms with Crippen LogP contribution in [0.3, 0.4) is 0 Å². The third-order valence-corrected chi connectivity index (χ3v) is 9.04. The van der Waals surface area contributed by atoms with Crippen LogP contribution in [0.1, 0.15) is 43.6 Å². The van der Waals surface area contributed by atoms with Crippen molar-refractivity contribution in [2.45, 2.75) is 55.8 Å². The quantitative estimate of drug-likeness (QED) is 0.0442. The Labute approximate surface area is 365 Å². The van der Waals surface area contributed by atoms with E-state index in [1.54, 1.807) is 36.4 Å². The number of ether oxygens (including phenoxy) is 6. The van der Waals surface area contributed by atoms with Crippen molar-refractivity contribution >= 4 is 36.5 Å². The number of rotatable bonds is 8. The smallest absolute Gasteiger partial charge is 1.00 e. The van der Waals surface area contributed by atoms with Crippen molar-refractivity contribution in [3.8, 4) is 28.7 Å². The second kappa shape index (κ2) is 21.1. The molecule has 4 aliphatic rings. The van der Waals surface area contributed by atoms with Crippen LogP contribution >= 0.6 is 12.4 Å². The third-order valence-electron chi connectivity index (χ3n) is 9.04. The van der Waals surface area contributed by atoms with E-state index in [2.05, 4.69) is 0 Å². The number of hydrogen-bond acceptors (Lipinski definition) is 17. The first kappa shape index (κ1) is 47.1. The average molecular weight is 850 g/mol. The van der Waals surface area contributed by atoms with Gasteiger partial charge < -0.3 is 70.7 Å². The Bertz CT molecular complexity index is 2140. The van der Waals surface area contributed by atoms with Crippen LogP contribution < -0.4 is 48.9 Å². The number of phenols is 1. The SMILES string of the molecule is Cl.O=C1/C(=C/c2ccc(OC3OC(CO)C(O)C3O)c(O)c2)Oc2ccccc21.O=C1OCc2ccccc21.O=Cc1ccc(OC2OC(CO)C(O)C2O)c([O-])c1.[H-].[Na+]. The summed E-state index contributed by atoms with van der Waals surface area (Å²) in [7, 11) is 0. The summed E-state index contributed by atoms with van der Waals surface area (Å²) in [6.45, 7) is -0.519. The Hall–Kier alpha value is -4.60. The molecular weight excluding hydrogens is 811 g/mol. The Morgan fingerprint density at radius 1 is 0.746 bits per heavy atom. The maximum atomic E-state index is 12.3. The van der Waals surface area contributed by atoms with Crippen LogP contribution in [0.15, 0.2) is 90.7 Å². The van der Waals surface area contributed by atoms with Crippen molar-refractivity contribution in [3.63, 3.8) is 0 Å². The summed E-state index contributed by atoms with van der Waals surface area (Å²) in [6.07, 6.45) is -7.74. The fraction of sp³-hybridized carbons (Fsp3) is 0.275. The van der Waals surface area contributed by atoms with Gasteiger partial charge >= 0.3 is 35.5 Å². The van der Waals surface area contributed by atoms with E-state index in [0.717, 1.165) is 11.6 Å². The summed E-state index contributed by atoms with van der Waals surface area (Å²) in [4.78, 5) is 33.7. The molecule has 4 aliphatic heterocycles. The van der Waals surface area contributed by atoms with E-state index in [9.17, 15) is 45.0 Å². The van der Waals surface area contributed by atoms with Crippen LogP contribution in [0.5, 0.6) is 28.7 Å². The largest absolute Gasteiger partial charge is 1.00 e. The van der Waals surface area contributed by atoms with Crippen molar-refractivity contribution in [2.24, 2.45) is 0 Å². The molecule has 59 heavy (non-hydrogen) atoms. The Morgan fingerprint density at radius 2 is 1.31 bits per heavy atom. The summed E-state index contributed by atoms with van der Waals surface area (Å²) in [6, 6.07) is 22.4. The maximum Gasteiger partial charge on any atom is 1.00 e. The van der Waals surface area contributed by atoms with Crippen LogP contribution in [-0.4, -0.2) is 116 Å². The van der Waals surface area contributed by atoms with Gasteiger partial charge in [-0.3, -0.25) is 9.59 Å². The molecule has 0 aromatic heterocycles. The molecule has 2 saturated heterocycles. The molecule has 0 radical (unpaired) electrons. The van der Waals surface area contributed by atoms with Gasteiger partial charge in [-0.15, -0.1) is 12.4 Å². The molecule has 0 bridgehead atoms. The summed E-state index contributed by atoms with van der Waals surface area (Å²) < 4.78 is 31.2. The second-order valence-corrected chi connectivity index (χ2v) is 12.9. The number of fused-ring (bicyclic) bond motifs is 2. The van der Waals surface area contributed by atoms with Gasteiger partial charge in [0.05, 0.1) is 24.3 Å². The molecular formula is C40H39ClNaO17-. The van der Waals surface area contributed by atoms with E-state index >= 15 is 0 Å². The first-order valence-corrected chi connectivity index (χ1v) is 17.4. The Balaban J connectivity index is 0.000000260. The van der Waals surface area contributed by atoms with Crippen molar-refractivity contribution < 1.29 is 115 Å². The number of ketones is 1. The monoisotopic (exact) mass is 849 g/mol. The van der Waals surface area contributed by atoms with E-state index in [0.29, 0.717) is 35.3 Å². The molecule has 4 aromatic rings. The number of aliphatic hydroxyl groups is 6. The zero-order valence-electron chi connectivity index (χ0n) is 32.1. The summed E-state index contributed by atoms with van der Waals surface area (Å²) in [5, 5.41) is 78.6. The maximum absolute atomic E-state index is 12.3. The van der Waals surface area contributed by atoms with E-state index in [4.69, 9.17) is 38.6 Å². The summed E-state index contributed by atoms with van der Waals surface area (Å²) in [5.74, 6) is -0.723. The molecule has 2 fully saturated rings. The summed E-state index contributed by atoms with van der Waals surface area (Å²) in [5.41, 5.74) is 2.89. The van der Waals surface area contributed by atoms with Gasteiger partial charge in [0.1, 0.15) is 61.0 Å². The minimum atomic E-state index is -1.37. The molecule has 8 atom stereocenters. The molecule has 0 saturated carbocycles. The van der Waals surface area contributed by atoms with Crippen LogP contribution in [0.2, 0.25) is 0 Å². The number of aldehydes is 1. The van der Waals surface area contributed by atoms with Gasteiger partial charge in [0.2, 0.25) is 18.4 Å². The molecule has 19 heteroatoms. The van der Waals surface area contributed by atoms with Crippen LogP contribution in [-0.2, 0) is 20.8 Å². The minimum absolute atomic E-state index is 0. The van der Waals surface area contributed by atoms with Crippen LogP contribution in [0.4, 0.5) is 0 Å². The number of aliphatic hydroxyl groups excluding tert-OH is 6. The molecule has 0 amide bonds. The van der Waals surface area contributed by atoms with Gasteiger partial charge in [-0.2, -0.15) is 0 Å². The zero-order valence-corrected chi connectivity index (χ0v) is 33.9. The number of Topliss-reactive ketones (excluding diaryl/α,β-unsaturated/α-hetero) is 1. The number of halogens is 1. The zero-order chi connectivity index (χ0) is 40.8. The topological polar surface area (TPSA) is 271 Å². The molecule has 8 unspecified atom stereocenters. The number of carbonyl (C=O) groups is 3. The molecule has 0 spiro atoms. The molecule has 4 aromatic carbocycles. The second-order valence-electron chi connectivity index (χ2n) is 12.9. The van der Waals surface area contributed by atoms with Gasteiger partial charge in [-0.1, -0.05) is 48.2 Å². The van der Waals surface area contributed by atoms with E-state index in [1.165, 1.54) is 30.3 Å². The standard InChI is InChI=1S/C20H18O8.C12H14O7.C8H6O2.ClH.Na.H/c21-9-16-18(24)19(25)20(28-16)27-14-6-5-10(7-12(14)22)8-15-17(23)11-3-1-2-4-13(11)26-15;13-4-6-1-2-8(7(15)3-6)18-12-11(17)10(16)9(5-14)19-12;9-8-7-4-2-1-3-6(7)5-10-8;;;/h1-8,16,18-22,24-25H,9H2;1-4,9-12,14-17H,5H2;1-4H,5H2;1H;;/q;;;;+1;-1/p-1/b15-8-;;;;;. The number of esters is 1. The molecule has 0 aliphatic carbocycles. The van der Waals surface area contributed by atoms with Crippen molar-refractivity contribution in [1.29, 1.82) is 0 Å². The fourth-order valence-corrected chi connectivity index (χ4v) is 5.95. The normalized spacial score (nSPS) is 25.4. The number of cyclic esters (lactones) is 1. The van der Waals surface area contributed by atoms with Crippen molar-refractivity contribution in [3.05, 3.63) is 119 Å². The predicted octanol–water partition coefficient (Wildman–Crippen LogP) is -1.89. The molecule has 7 N–H and O–H groups in total. The Kier molecular flexibility index (Phi) is 16.8. The molecule has 4 heterocycles. The number of carbonyl (C=O) groups excluding carboxylic acids is 3. The Morgan fingerprint density at radius 3 is 1.85 bits per heavy atom. The van der Waals surface area contributed by atoms with Gasteiger partial charge in [0.25, 0.3) is 0 Å². The molecule has 8 rings (SSSR count). The van der Waals surface area contributed by atoms with Gasteiger partial charge in [-0.05, 0) is 54.1 Å². The van der Waals surface area contributed by atoms with E-state index in [-0.39, 0.29) is 83.7 Å². The fourth-order valence-electron chi connectivity index (χ4n) is 5.95. The summed E-state index contributed by atoms with van der Waals surface area (Å²) >= 11 is 0. The van der Waals surface area contributed by atoms with Crippen LogP contribution in [0, 0.1) is 0 Å². The van der Waals surface area contributed by atoms with Gasteiger partial charge in [0, 0.05) is 11.1 Å². The number of para-hydroxylation sites is 1. The average Bonchev–Trinajstić information content (AvgIpc) is 3.92.